The molecule has 112 valence electrons. The first kappa shape index (κ1) is 16.5. The van der Waals surface area contributed by atoms with E-state index in [0.717, 1.165) is 0 Å². The fraction of sp³-hybridized carbons (Fsp3) is 0.333. The van der Waals surface area contributed by atoms with Crippen LogP contribution in [0, 0.1) is 11.8 Å². The monoisotopic (exact) mass is 290 g/mol. The third-order valence-corrected chi connectivity index (χ3v) is 2.55. The molecule has 0 aliphatic carbocycles. The number of methoxy groups -OCH3 is 1. The van der Waals surface area contributed by atoms with Crippen LogP contribution >= 0.6 is 0 Å². The van der Waals surface area contributed by atoms with E-state index in [1.165, 1.54) is 14.0 Å². The number of ether oxygens (including phenoxy) is 1. The SMILES string of the molecule is COc1ccc(C(=O)NCCNC(C)=O)cc1C#CCO. The molecule has 0 saturated carbocycles. The van der Waals surface area contributed by atoms with Gasteiger partial charge in [-0.25, -0.2) is 0 Å². The van der Waals surface area contributed by atoms with Crippen molar-refractivity contribution in [3.05, 3.63) is 29.3 Å². The lowest BCUT2D eigenvalue weighted by Gasteiger charge is -2.08. The van der Waals surface area contributed by atoms with Crippen LogP contribution in [0.1, 0.15) is 22.8 Å². The largest absolute Gasteiger partial charge is 0.495 e. The van der Waals surface area contributed by atoms with Crippen molar-refractivity contribution < 1.29 is 19.4 Å². The smallest absolute Gasteiger partial charge is 0.251 e. The quantitative estimate of drug-likeness (QED) is 0.522. The summed E-state index contributed by atoms with van der Waals surface area (Å²) in [7, 11) is 1.51. The maximum atomic E-state index is 12.0. The average Bonchev–Trinajstić information content (AvgIpc) is 2.48. The molecule has 1 aromatic carbocycles. The van der Waals surface area contributed by atoms with Gasteiger partial charge in [0.1, 0.15) is 12.4 Å². The van der Waals surface area contributed by atoms with E-state index in [-0.39, 0.29) is 18.4 Å². The molecule has 0 fully saturated rings. The van der Waals surface area contributed by atoms with Crippen molar-refractivity contribution in [1.82, 2.24) is 10.6 Å². The van der Waals surface area contributed by atoms with Gasteiger partial charge in [-0.3, -0.25) is 9.59 Å². The Morgan fingerprint density at radius 1 is 1.29 bits per heavy atom. The molecule has 3 N–H and O–H groups in total. The first-order valence-corrected chi connectivity index (χ1v) is 6.39. The zero-order valence-electron chi connectivity index (χ0n) is 12.0. The molecular weight excluding hydrogens is 272 g/mol. The number of rotatable bonds is 5. The Labute approximate surface area is 123 Å². The molecule has 6 nitrogen and oxygen atoms in total. The summed E-state index contributed by atoms with van der Waals surface area (Å²) < 4.78 is 5.14. The van der Waals surface area contributed by atoms with Crippen LogP contribution < -0.4 is 15.4 Å². The highest BCUT2D eigenvalue weighted by atomic mass is 16.5. The van der Waals surface area contributed by atoms with Crippen LogP contribution in [0.3, 0.4) is 0 Å². The van der Waals surface area contributed by atoms with E-state index in [1.54, 1.807) is 18.2 Å². The average molecular weight is 290 g/mol. The topological polar surface area (TPSA) is 87.7 Å². The second kappa shape index (κ2) is 8.61. The van der Waals surface area contributed by atoms with Gasteiger partial charge in [0, 0.05) is 25.6 Å². The first-order chi connectivity index (χ1) is 10.1. The number of aliphatic hydroxyl groups excluding tert-OH is 1. The zero-order valence-corrected chi connectivity index (χ0v) is 12.0. The Morgan fingerprint density at radius 3 is 2.62 bits per heavy atom. The second-order valence-electron chi connectivity index (χ2n) is 4.11. The summed E-state index contributed by atoms with van der Waals surface area (Å²) in [5.41, 5.74) is 0.960. The number of benzene rings is 1. The van der Waals surface area contributed by atoms with Crippen molar-refractivity contribution in [3.63, 3.8) is 0 Å². The third kappa shape index (κ3) is 5.55. The predicted octanol–water partition coefficient (Wildman–Crippen LogP) is -0.0951. The number of hydrogen-bond donors (Lipinski definition) is 3. The minimum atomic E-state index is -0.268. The van der Waals surface area contributed by atoms with Crippen molar-refractivity contribution in [3.8, 4) is 17.6 Å². The van der Waals surface area contributed by atoms with E-state index in [9.17, 15) is 9.59 Å². The van der Waals surface area contributed by atoms with E-state index in [2.05, 4.69) is 22.5 Å². The molecule has 0 radical (unpaired) electrons. The lowest BCUT2D eigenvalue weighted by molar-refractivity contribution is -0.118. The van der Waals surface area contributed by atoms with Crippen LogP contribution in [0.5, 0.6) is 5.75 Å². The number of amides is 2. The maximum Gasteiger partial charge on any atom is 0.251 e. The highest BCUT2D eigenvalue weighted by molar-refractivity contribution is 5.94. The lowest BCUT2D eigenvalue weighted by Crippen LogP contribution is -2.33. The molecule has 2 amide bonds. The summed E-state index contributed by atoms with van der Waals surface area (Å²) >= 11 is 0. The van der Waals surface area contributed by atoms with Gasteiger partial charge in [-0.05, 0) is 18.2 Å². The third-order valence-electron chi connectivity index (χ3n) is 2.55. The van der Waals surface area contributed by atoms with Crippen molar-refractivity contribution in [2.45, 2.75) is 6.92 Å². The number of nitrogens with one attached hydrogen (secondary N) is 2. The van der Waals surface area contributed by atoms with Gasteiger partial charge >= 0.3 is 0 Å². The molecule has 0 spiro atoms. The Balaban J connectivity index is 2.74. The van der Waals surface area contributed by atoms with Crippen molar-refractivity contribution >= 4 is 11.8 Å². The fourth-order valence-corrected chi connectivity index (χ4v) is 1.60. The Morgan fingerprint density at radius 2 is 2.00 bits per heavy atom. The summed E-state index contributed by atoms with van der Waals surface area (Å²) in [6.45, 7) is 1.85. The van der Waals surface area contributed by atoms with Gasteiger partial charge in [0.25, 0.3) is 5.91 Å². The van der Waals surface area contributed by atoms with Crippen molar-refractivity contribution in [2.75, 3.05) is 26.8 Å². The molecule has 1 rings (SSSR count). The fourth-order valence-electron chi connectivity index (χ4n) is 1.60. The van der Waals surface area contributed by atoms with Crippen LogP contribution in [0.4, 0.5) is 0 Å². The summed E-state index contributed by atoms with van der Waals surface area (Å²) in [4.78, 5) is 22.7. The molecule has 0 aromatic heterocycles. The van der Waals surface area contributed by atoms with E-state index in [1.807, 2.05) is 0 Å². The number of aliphatic hydroxyl groups is 1. The summed E-state index contributed by atoms with van der Waals surface area (Å²) in [6, 6.07) is 4.86. The van der Waals surface area contributed by atoms with Crippen LogP contribution in [-0.2, 0) is 4.79 Å². The normalized spacial score (nSPS) is 9.29. The number of hydrogen-bond acceptors (Lipinski definition) is 4. The molecule has 6 heteroatoms. The van der Waals surface area contributed by atoms with E-state index in [4.69, 9.17) is 9.84 Å². The van der Waals surface area contributed by atoms with Gasteiger partial charge in [0.15, 0.2) is 0 Å². The van der Waals surface area contributed by atoms with E-state index >= 15 is 0 Å². The highest BCUT2D eigenvalue weighted by Gasteiger charge is 2.08. The molecule has 0 unspecified atom stereocenters. The van der Waals surface area contributed by atoms with Gasteiger partial charge in [0.2, 0.25) is 5.91 Å². The predicted molar refractivity (Wildman–Crippen MR) is 78.0 cm³/mol. The van der Waals surface area contributed by atoms with Crippen LogP contribution in [0.15, 0.2) is 18.2 Å². The van der Waals surface area contributed by atoms with Gasteiger partial charge in [-0.1, -0.05) is 11.8 Å². The summed E-state index contributed by atoms with van der Waals surface area (Å²) in [6.07, 6.45) is 0. The molecular formula is C15H18N2O4. The van der Waals surface area contributed by atoms with E-state index < -0.39 is 0 Å². The van der Waals surface area contributed by atoms with Gasteiger partial charge in [0.05, 0.1) is 12.7 Å². The van der Waals surface area contributed by atoms with Crippen molar-refractivity contribution in [1.29, 1.82) is 0 Å². The summed E-state index contributed by atoms with van der Waals surface area (Å²) in [5.74, 6) is 5.37. The Bertz CT molecular complexity index is 573. The van der Waals surface area contributed by atoms with Crippen LogP contribution in [0.2, 0.25) is 0 Å². The molecule has 1 aromatic rings. The van der Waals surface area contributed by atoms with Gasteiger partial charge in [-0.2, -0.15) is 0 Å². The zero-order chi connectivity index (χ0) is 15.7. The minimum Gasteiger partial charge on any atom is -0.495 e. The molecule has 0 atom stereocenters. The number of carbonyl (C=O) groups excluding carboxylic acids is 2. The Kier molecular flexibility index (Phi) is 6.78. The molecule has 0 heterocycles. The Hall–Kier alpha value is -2.52. The lowest BCUT2D eigenvalue weighted by atomic mass is 10.1. The van der Waals surface area contributed by atoms with Crippen molar-refractivity contribution in [2.24, 2.45) is 0 Å². The molecule has 0 bridgehead atoms. The van der Waals surface area contributed by atoms with Gasteiger partial charge in [-0.15, -0.1) is 0 Å². The second-order valence-corrected chi connectivity index (χ2v) is 4.11. The molecule has 0 aliphatic heterocycles. The summed E-state index contributed by atoms with van der Waals surface area (Å²) in [5, 5.41) is 14.0. The molecule has 21 heavy (non-hydrogen) atoms. The van der Waals surface area contributed by atoms with E-state index in [0.29, 0.717) is 30.0 Å². The highest BCUT2D eigenvalue weighted by Crippen LogP contribution is 2.18. The van der Waals surface area contributed by atoms with Crippen LogP contribution in [0.25, 0.3) is 0 Å². The minimum absolute atomic E-state index is 0.143. The molecule has 0 aliphatic rings. The van der Waals surface area contributed by atoms with Gasteiger partial charge < -0.3 is 20.5 Å². The standard InChI is InChI=1S/C15H18N2O4/c1-11(19)16-7-8-17-15(20)13-5-6-14(21-2)12(10-13)4-3-9-18/h5-6,10,18H,7-9H2,1-2H3,(H,16,19)(H,17,20). The number of carbonyl (C=O) groups is 2. The first-order valence-electron chi connectivity index (χ1n) is 6.39. The maximum absolute atomic E-state index is 12.0. The van der Waals surface area contributed by atoms with Crippen LogP contribution in [-0.4, -0.2) is 43.7 Å². The molecule has 0 saturated heterocycles.